The molecule has 3 heterocycles. The van der Waals surface area contributed by atoms with Gasteiger partial charge in [0.15, 0.2) is 5.69 Å². The van der Waals surface area contributed by atoms with Crippen molar-refractivity contribution < 1.29 is 23.1 Å². The van der Waals surface area contributed by atoms with Gasteiger partial charge in [-0.25, -0.2) is 9.78 Å². The largest absolute Gasteiger partial charge is 0.478 e. The molecule has 1 aliphatic rings. The van der Waals surface area contributed by atoms with E-state index in [1.54, 1.807) is 18.3 Å². The smallest absolute Gasteiger partial charge is 0.436 e. The first-order chi connectivity index (χ1) is 11.7. The van der Waals surface area contributed by atoms with Crippen molar-refractivity contribution in [3.05, 3.63) is 41.3 Å². The molecule has 1 atom stereocenters. The lowest BCUT2D eigenvalue weighted by Crippen LogP contribution is -2.20. The van der Waals surface area contributed by atoms with Crippen LogP contribution >= 0.6 is 0 Å². The molecule has 25 heavy (non-hydrogen) atoms. The highest BCUT2D eigenvalue weighted by molar-refractivity contribution is 5.88. The summed E-state index contributed by atoms with van der Waals surface area (Å²) in [5, 5.41) is 12.4. The van der Waals surface area contributed by atoms with Crippen molar-refractivity contribution in [2.24, 2.45) is 5.92 Å². The van der Waals surface area contributed by atoms with Crippen molar-refractivity contribution in [1.29, 1.82) is 0 Å². The summed E-state index contributed by atoms with van der Waals surface area (Å²) >= 11 is 0. The van der Waals surface area contributed by atoms with Gasteiger partial charge in [-0.15, -0.1) is 0 Å². The number of hydrogen-bond acceptors (Lipinski definition) is 4. The number of aromatic carboxylic acids is 1. The van der Waals surface area contributed by atoms with E-state index in [1.807, 2.05) is 0 Å². The number of aromatic nitrogens is 3. The van der Waals surface area contributed by atoms with Crippen LogP contribution in [0.15, 0.2) is 24.5 Å². The second-order valence-electron chi connectivity index (χ2n) is 6.25. The molecule has 0 spiro atoms. The summed E-state index contributed by atoms with van der Waals surface area (Å²) in [5.74, 6) is -0.312. The molecule has 9 heteroatoms. The lowest BCUT2D eigenvalue weighted by atomic mass is 10.2. The fourth-order valence-corrected chi connectivity index (χ4v) is 2.93. The number of carboxylic acids is 1. The van der Waals surface area contributed by atoms with Crippen LogP contribution in [0.3, 0.4) is 0 Å². The molecule has 0 saturated carbocycles. The van der Waals surface area contributed by atoms with E-state index in [2.05, 4.69) is 21.9 Å². The first kappa shape index (κ1) is 17.2. The second-order valence-corrected chi connectivity index (χ2v) is 6.25. The van der Waals surface area contributed by atoms with Crippen LogP contribution in [0.5, 0.6) is 0 Å². The number of alkyl halides is 3. The number of anilines is 1. The maximum atomic E-state index is 12.9. The Bertz CT molecular complexity index is 788. The first-order valence-corrected chi connectivity index (χ1v) is 7.82. The van der Waals surface area contributed by atoms with E-state index in [-0.39, 0.29) is 6.54 Å². The van der Waals surface area contributed by atoms with Crippen LogP contribution in [0.1, 0.15) is 35.0 Å². The molecule has 1 N–H and O–H groups in total. The van der Waals surface area contributed by atoms with Gasteiger partial charge in [0.2, 0.25) is 0 Å². The van der Waals surface area contributed by atoms with Crippen LogP contribution in [0.4, 0.5) is 19.0 Å². The van der Waals surface area contributed by atoms with Gasteiger partial charge < -0.3 is 10.0 Å². The molecule has 1 aliphatic heterocycles. The average Bonchev–Trinajstić information content (AvgIpc) is 3.14. The van der Waals surface area contributed by atoms with E-state index in [1.165, 1.54) is 0 Å². The summed E-state index contributed by atoms with van der Waals surface area (Å²) in [6.07, 6.45) is -1.24. The Morgan fingerprint density at radius 3 is 2.76 bits per heavy atom. The quantitative estimate of drug-likeness (QED) is 0.914. The normalized spacial score (nSPS) is 17.9. The van der Waals surface area contributed by atoms with Crippen LogP contribution in [-0.2, 0) is 12.7 Å². The van der Waals surface area contributed by atoms with E-state index in [9.17, 15) is 18.0 Å². The predicted molar refractivity (Wildman–Crippen MR) is 83.5 cm³/mol. The zero-order valence-corrected chi connectivity index (χ0v) is 13.5. The maximum absolute atomic E-state index is 12.9. The minimum Gasteiger partial charge on any atom is -0.478 e. The van der Waals surface area contributed by atoms with Crippen molar-refractivity contribution in [3.63, 3.8) is 0 Å². The maximum Gasteiger partial charge on any atom is 0.436 e. The summed E-state index contributed by atoms with van der Waals surface area (Å²) < 4.78 is 39.7. The van der Waals surface area contributed by atoms with E-state index in [4.69, 9.17) is 5.11 Å². The van der Waals surface area contributed by atoms with Gasteiger partial charge in [-0.2, -0.15) is 18.3 Å². The summed E-state index contributed by atoms with van der Waals surface area (Å²) in [6, 6.07) is 3.48. The molecule has 0 aromatic carbocycles. The van der Waals surface area contributed by atoms with Gasteiger partial charge in [0.05, 0.1) is 6.54 Å². The lowest BCUT2D eigenvalue weighted by molar-refractivity contribution is -0.142. The minimum atomic E-state index is -4.81. The molecule has 134 valence electrons. The summed E-state index contributed by atoms with van der Waals surface area (Å²) in [6.45, 7) is 3.97. The zero-order valence-electron chi connectivity index (χ0n) is 13.5. The highest BCUT2D eigenvalue weighted by Gasteiger charge is 2.39. The molecule has 0 amide bonds. The van der Waals surface area contributed by atoms with Gasteiger partial charge in [-0.3, -0.25) is 4.68 Å². The van der Waals surface area contributed by atoms with Crippen molar-refractivity contribution in [1.82, 2.24) is 14.8 Å². The standard InChI is InChI=1S/C16H17F3N4O2/c1-10-3-5-22(7-10)13-6-11(2-4-20-13)8-23-9-12(15(24)25)14(21-23)16(17,18)19/h2,4,6,9-10H,3,5,7-8H2,1H3,(H,24,25)/t10-/m1/s1. The van der Waals surface area contributed by atoms with Crippen LogP contribution in [0, 0.1) is 5.92 Å². The van der Waals surface area contributed by atoms with Gasteiger partial charge >= 0.3 is 12.1 Å². The molecule has 3 rings (SSSR count). The number of hydrogen-bond donors (Lipinski definition) is 1. The molecule has 0 bridgehead atoms. The first-order valence-electron chi connectivity index (χ1n) is 7.82. The molecule has 6 nitrogen and oxygen atoms in total. The van der Waals surface area contributed by atoms with Gasteiger partial charge in [-0.1, -0.05) is 6.92 Å². The third-order valence-electron chi connectivity index (χ3n) is 4.16. The molecular weight excluding hydrogens is 337 g/mol. The monoisotopic (exact) mass is 354 g/mol. The van der Waals surface area contributed by atoms with E-state index >= 15 is 0 Å². The fourth-order valence-electron chi connectivity index (χ4n) is 2.93. The predicted octanol–water partition coefficient (Wildman–Crippen LogP) is 2.89. The molecule has 1 saturated heterocycles. The number of carbonyl (C=O) groups is 1. The summed E-state index contributed by atoms with van der Waals surface area (Å²) in [4.78, 5) is 17.5. The lowest BCUT2D eigenvalue weighted by Gasteiger charge is -2.17. The Morgan fingerprint density at radius 1 is 1.44 bits per heavy atom. The molecule has 0 aliphatic carbocycles. The van der Waals surface area contributed by atoms with Crippen LogP contribution < -0.4 is 4.90 Å². The van der Waals surface area contributed by atoms with E-state index in [0.717, 1.165) is 36.2 Å². The highest BCUT2D eigenvalue weighted by Crippen LogP contribution is 2.31. The Labute approximate surface area is 141 Å². The minimum absolute atomic E-state index is 0.0370. The number of nitrogens with zero attached hydrogens (tertiary/aromatic N) is 4. The third kappa shape index (κ3) is 3.75. The Morgan fingerprint density at radius 2 is 2.20 bits per heavy atom. The average molecular weight is 354 g/mol. The number of halogens is 3. The molecule has 2 aromatic heterocycles. The summed E-state index contributed by atoms with van der Waals surface area (Å²) in [5.41, 5.74) is -1.53. The Kier molecular flexibility index (Phi) is 4.40. The summed E-state index contributed by atoms with van der Waals surface area (Å²) in [7, 11) is 0. The van der Waals surface area contributed by atoms with E-state index in [0.29, 0.717) is 11.5 Å². The zero-order chi connectivity index (χ0) is 18.2. The molecule has 0 unspecified atom stereocenters. The van der Waals surface area contributed by atoms with Gasteiger partial charge in [0.25, 0.3) is 0 Å². The highest BCUT2D eigenvalue weighted by atomic mass is 19.4. The topological polar surface area (TPSA) is 71.2 Å². The molecular formula is C16H17F3N4O2. The molecule has 1 fully saturated rings. The third-order valence-corrected chi connectivity index (χ3v) is 4.16. The SMILES string of the molecule is C[C@@H]1CCN(c2cc(Cn3cc(C(=O)O)c(C(F)(F)F)n3)ccn2)C1. The van der Waals surface area contributed by atoms with Crippen LogP contribution in [0.2, 0.25) is 0 Å². The van der Waals surface area contributed by atoms with Crippen molar-refractivity contribution in [3.8, 4) is 0 Å². The van der Waals surface area contributed by atoms with Crippen LogP contribution in [0.25, 0.3) is 0 Å². The number of carboxylic acid groups (broad SMARTS) is 1. The fraction of sp³-hybridized carbons (Fsp3) is 0.438. The van der Waals surface area contributed by atoms with Gasteiger partial charge in [-0.05, 0) is 30.0 Å². The van der Waals surface area contributed by atoms with Crippen molar-refractivity contribution >= 4 is 11.8 Å². The number of rotatable bonds is 4. The van der Waals surface area contributed by atoms with E-state index < -0.39 is 23.4 Å². The number of pyridine rings is 1. The molecule has 0 radical (unpaired) electrons. The van der Waals surface area contributed by atoms with Crippen molar-refractivity contribution in [2.75, 3.05) is 18.0 Å². The van der Waals surface area contributed by atoms with Crippen LogP contribution in [-0.4, -0.2) is 38.9 Å². The van der Waals surface area contributed by atoms with Gasteiger partial charge in [0, 0.05) is 25.5 Å². The van der Waals surface area contributed by atoms with Crippen molar-refractivity contribution in [2.45, 2.75) is 26.1 Å². The Balaban J connectivity index is 1.84. The second kappa shape index (κ2) is 6.38. The van der Waals surface area contributed by atoms with Gasteiger partial charge in [0.1, 0.15) is 11.4 Å². The molecule has 2 aromatic rings. The Hall–Kier alpha value is -2.58.